The minimum atomic E-state index is 0.456. The average molecular weight is 210 g/mol. The molecule has 1 rings (SSSR count). The molecule has 0 bridgehead atoms. The number of hydrogen-bond donors (Lipinski definition) is 0. The Kier molecular flexibility index (Phi) is 4.83. The van der Waals surface area contributed by atoms with Crippen LogP contribution in [0, 0.1) is 22.7 Å². The van der Waals surface area contributed by atoms with Gasteiger partial charge < -0.3 is 0 Å². The van der Waals surface area contributed by atoms with E-state index in [0.717, 1.165) is 31.2 Å². The predicted molar refractivity (Wildman–Crippen MR) is 63.6 cm³/mol. The van der Waals surface area contributed by atoms with E-state index in [2.05, 4.69) is 6.58 Å². The molecule has 2 heteroatoms. The van der Waals surface area contributed by atoms with E-state index in [0.29, 0.717) is 11.1 Å². The molecule has 0 amide bonds. The molecule has 80 valence electrons. The minimum Gasteiger partial charge on any atom is -0.192 e. The molecule has 0 spiro atoms. The predicted octanol–water partition coefficient (Wildman–Crippen LogP) is 3.33. The maximum Gasteiger partial charge on any atom is 0.101 e. The molecule has 0 unspecified atom stereocenters. The summed E-state index contributed by atoms with van der Waals surface area (Å²) in [5.41, 5.74) is 2.06. The van der Waals surface area contributed by atoms with E-state index in [4.69, 9.17) is 10.5 Å². The average Bonchev–Trinajstić information content (AvgIpc) is 2.34. The number of nitriles is 2. The quantitative estimate of drug-likeness (QED) is 0.552. The molecule has 0 fully saturated rings. The fraction of sp³-hybridized carbons (Fsp3) is 0.286. The van der Waals surface area contributed by atoms with E-state index in [1.807, 2.05) is 30.3 Å². The van der Waals surface area contributed by atoms with Gasteiger partial charge in [0, 0.05) is 0 Å². The summed E-state index contributed by atoms with van der Waals surface area (Å²) in [6.07, 6.45) is 6.10. The molecule has 16 heavy (non-hydrogen) atoms. The number of unbranched alkanes of at least 4 members (excludes halogenated alkanes) is 2. The fourth-order valence-electron chi connectivity index (χ4n) is 1.55. The second-order valence-electron chi connectivity index (χ2n) is 3.64. The van der Waals surface area contributed by atoms with Crippen molar-refractivity contribution in [3.63, 3.8) is 0 Å². The maximum atomic E-state index is 8.87. The van der Waals surface area contributed by atoms with Crippen LogP contribution in [-0.4, -0.2) is 0 Å². The van der Waals surface area contributed by atoms with Crippen LogP contribution in [0.3, 0.4) is 0 Å². The maximum absolute atomic E-state index is 8.87. The van der Waals surface area contributed by atoms with Crippen molar-refractivity contribution < 1.29 is 0 Å². The lowest BCUT2D eigenvalue weighted by atomic mass is 10.0. The normalized spacial score (nSPS) is 9.12. The Morgan fingerprint density at radius 3 is 2.50 bits per heavy atom. The van der Waals surface area contributed by atoms with Gasteiger partial charge in [-0.2, -0.15) is 10.5 Å². The minimum absolute atomic E-state index is 0.456. The van der Waals surface area contributed by atoms with Crippen LogP contribution in [-0.2, 0) is 6.42 Å². The highest BCUT2D eigenvalue weighted by Gasteiger charge is 2.02. The van der Waals surface area contributed by atoms with Gasteiger partial charge in [-0.1, -0.05) is 12.1 Å². The Morgan fingerprint density at radius 1 is 1.12 bits per heavy atom. The van der Waals surface area contributed by atoms with Crippen LogP contribution in [0.25, 0.3) is 0 Å². The van der Waals surface area contributed by atoms with Crippen molar-refractivity contribution >= 4 is 0 Å². The monoisotopic (exact) mass is 210 g/mol. The van der Waals surface area contributed by atoms with Gasteiger partial charge in [-0.25, -0.2) is 0 Å². The third kappa shape index (κ3) is 3.26. The third-order valence-corrected chi connectivity index (χ3v) is 2.45. The van der Waals surface area contributed by atoms with Crippen molar-refractivity contribution in [1.29, 1.82) is 10.5 Å². The summed E-state index contributed by atoms with van der Waals surface area (Å²) in [5, 5.41) is 17.6. The molecule has 0 aliphatic heterocycles. The number of rotatable bonds is 5. The number of aryl methyl sites for hydroxylation is 1. The number of benzene rings is 1. The van der Waals surface area contributed by atoms with Crippen LogP contribution < -0.4 is 0 Å². The first-order valence-electron chi connectivity index (χ1n) is 5.36. The van der Waals surface area contributed by atoms with Crippen LogP contribution in [0.4, 0.5) is 0 Å². The van der Waals surface area contributed by atoms with Crippen molar-refractivity contribution in [2.45, 2.75) is 25.7 Å². The highest BCUT2D eigenvalue weighted by Crippen LogP contribution is 2.13. The molecule has 1 aromatic carbocycles. The lowest BCUT2D eigenvalue weighted by molar-refractivity contribution is 0.748. The third-order valence-electron chi connectivity index (χ3n) is 2.45. The van der Waals surface area contributed by atoms with Crippen LogP contribution >= 0.6 is 0 Å². The summed E-state index contributed by atoms with van der Waals surface area (Å²) < 4.78 is 0. The SMILES string of the molecule is C=CCCCCc1ccc(C#N)c(C#N)c1. The van der Waals surface area contributed by atoms with E-state index in [9.17, 15) is 0 Å². The fourth-order valence-corrected chi connectivity index (χ4v) is 1.55. The molecule has 0 aliphatic rings. The lowest BCUT2D eigenvalue weighted by Gasteiger charge is -2.02. The zero-order valence-corrected chi connectivity index (χ0v) is 9.24. The summed E-state index contributed by atoms with van der Waals surface area (Å²) in [5.74, 6) is 0. The van der Waals surface area contributed by atoms with Crippen LogP contribution in [0.5, 0.6) is 0 Å². The first-order chi connectivity index (χ1) is 7.81. The zero-order valence-electron chi connectivity index (χ0n) is 9.24. The van der Waals surface area contributed by atoms with Gasteiger partial charge in [0.05, 0.1) is 11.1 Å². The lowest BCUT2D eigenvalue weighted by Crippen LogP contribution is -1.90. The Morgan fingerprint density at radius 2 is 1.88 bits per heavy atom. The van der Waals surface area contributed by atoms with Gasteiger partial charge in [-0.15, -0.1) is 6.58 Å². The first kappa shape index (κ1) is 12.0. The number of nitrogens with zero attached hydrogens (tertiary/aromatic N) is 2. The second kappa shape index (κ2) is 6.43. The smallest absolute Gasteiger partial charge is 0.101 e. The number of allylic oxidation sites excluding steroid dienone is 1. The second-order valence-corrected chi connectivity index (χ2v) is 3.64. The Labute approximate surface area is 96.4 Å². The molecule has 2 nitrogen and oxygen atoms in total. The van der Waals surface area contributed by atoms with Crippen molar-refractivity contribution in [3.05, 3.63) is 47.5 Å². The van der Waals surface area contributed by atoms with Crippen LogP contribution in [0.2, 0.25) is 0 Å². The number of hydrogen-bond acceptors (Lipinski definition) is 2. The van der Waals surface area contributed by atoms with E-state index in [-0.39, 0.29) is 0 Å². The highest BCUT2D eigenvalue weighted by atomic mass is 14.3. The van der Waals surface area contributed by atoms with E-state index >= 15 is 0 Å². The molecular weight excluding hydrogens is 196 g/mol. The van der Waals surface area contributed by atoms with Gasteiger partial charge in [-0.3, -0.25) is 0 Å². The molecule has 0 heterocycles. The topological polar surface area (TPSA) is 47.6 Å². The molecule has 1 aromatic rings. The molecule has 0 aliphatic carbocycles. The first-order valence-corrected chi connectivity index (χ1v) is 5.36. The molecule has 0 atom stereocenters. The van der Waals surface area contributed by atoms with Gasteiger partial charge in [0.15, 0.2) is 0 Å². The van der Waals surface area contributed by atoms with Gasteiger partial charge in [0.2, 0.25) is 0 Å². The van der Waals surface area contributed by atoms with Crippen LogP contribution in [0.15, 0.2) is 30.9 Å². The van der Waals surface area contributed by atoms with Gasteiger partial charge in [0.1, 0.15) is 12.1 Å². The van der Waals surface area contributed by atoms with Crippen LogP contribution in [0.1, 0.15) is 36.0 Å². The van der Waals surface area contributed by atoms with E-state index in [1.54, 1.807) is 6.07 Å². The summed E-state index contributed by atoms with van der Waals surface area (Å²) in [6.45, 7) is 3.68. The highest BCUT2D eigenvalue weighted by molar-refractivity contribution is 5.47. The Bertz CT molecular complexity index is 447. The summed E-state index contributed by atoms with van der Waals surface area (Å²) in [4.78, 5) is 0. The van der Waals surface area contributed by atoms with Gasteiger partial charge in [0.25, 0.3) is 0 Å². The van der Waals surface area contributed by atoms with Crippen molar-refractivity contribution in [2.24, 2.45) is 0 Å². The molecule has 0 aromatic heterocycles. The Hall–Kier alpha value is -2.06. The standard InChI is InChI=1S/C14H14N2/c1-2-3-4-5-6-12-7-8-13(10-15)14(9-12)11-16/h2,7-9H,1,3-6H2. The molecule has 0 saturated heterocycles. The largest absolute Gasteiger partial charge is 0.192 e. The van der Waals surface area contributed by atoms with Gasteiger partial charge in [-0.05, 0) is 43.4 Å². The van der Waals surface area contributed by atoms with E-state index < -0.39 is 0 Å². The zero-order chi connectivity index (χ0) is 11.8. The summed E-state index contributed by atoms with van der Waals surface area (Å²) >= 11 is 0. The van der Waals surface area contributed by atoms with Crippen molar-refractivity contribution in [3.8, 4) is 12.1 Å². The van der Waals surface area contributed by atoms with Gasteiger partial charge >= 0.3 is 0 Å². The molecular formula is C14H14N2. The summed E-state index contributed by atoms with van der Waals surface area (Å²) in [6, 6.07) is 9.52. The summed E-state index contributed by atoms with van der Waals surface area (Å²) in [7, 11) is 0. The van der Waals surface area contributed by atoms with Crippen molar-refractivity contribution in [2.75, 3.05) is 0 Å². The van der Waals surface area contributed by atoms with Crippen molar-refractivity contribution in [1.82, 2.24) is 0 Å². The molecule has 0 saturated carbocycles. The Balaban J connectivity index is 2.66. The molecule has 0 N–H and O–H groups in total. The van der Waals surface area contributed by atoms with E-state index in [1.165, 1.54) is 0 Å². The molecule has 0 radical (unpaired) electrons.